The molecule has 0 aliphatic carbocycles. The number of H-pyrrole nitrogens is 1. The maximum absolute atomic E-state index is 5.51. The molecule has 0 radical (unpaired) electrons. The SMILES string of the molecule is CC1(C)OCC(Nc2cn[nH]c2)CO1. The molecule has 1 aliphatic rings. The molecule has 1 aromatic heterocycles. The smallest absolute Gasteiger partial charge is 0.162 e. The summed E-state index contributed by atoms with van der Waals surface area (Å²) in [7, 11) is 0. The highest BCUT2D eigenvalue weighted by molar-refractivity contribution is 5.38. The molecular weight excluding hydrogens is 182 g/mol. The molecule has 5 nitrogen and oxygen atoms in total. The molecule has 78 valence electrons. The largest absolute Gasteiger partial charge is 0.375 e. The lowest BCUT2D eigenvalue weighted by Gasteiger charge is -2.35. The average Bonchev–Trinajstić information content (AvgIpc) is 2.61. The molecule has 2 N–H and O–H groups in total. The van der Waals surface area contributed by atoms with E-state index in [-0.39, 0.29) is 6.04 Å². The Kier molecular flexibility index (Phi) is 2.43. The van der Waals surface area contributed by atoms with E-state index >= 15 is 0 Å². The van der Waals surface area contributed by atoms with Crippen molar-refractivity contribution in [3.05, 3.63) is 12.4 Å². The number of ether oxygens (including phenoxy) is 2. The fraction of sp³-hybridized carbons (Fsp3) is 0.667. The van der Waals surface area contributed by atoms with E-state index in [1.54, 1.807) is 12.4 Å². The number of anilines is 1. The third kappa shape index (κ3) is 2.24. The van der Waals surface area contributed by atoms with E-state index < -0.39 is 5.79 Å². The zero-order chi connectivity index (χ0) is 10.0. The Morgan fingerprint density at radius 1 is 1.50 bits per heavy atom. The van der Waals surface area contributed by atoms with Gasteiger partial charge in [-0.15, -0.1) is 0 Å². The summed E-state index contributed by atoms with van der Waals surface area (Å²) in [6.45, 7) is 5.14. The number of hydrogen-bond donors (Lipinski definition) is 2. The second-order valence-corrected chi connectivity index (χ2v) is 3.85. The van der Waals surface area contributed by atoms with Gasteiger partial charge < -0.3 is 14.8 Å². The van der Waals surface area contributed by atoms with Crippen LogP contribution in [0.1, 0.15) is 13.8 Å². The highest BCUT2D eigenvalue weighted by atomic mass is 16.7. The summed E-state index contributed by atoms with van der Waals surface area (Å²) in [6, 6.07) is 0.195. The van der Waals surface area contributed by atoms with Crippen LogP contribution in [-0.2, 0) is 9.47 Å². The van der Waals surface area contributed by atoms with Crippen molar-refractivity contribution in [2.24, 2.45) is 0 Å². The zero-order valence-corrected chi connectivity index (χ0v) is 8.41. The van der Waals surface area contributed by atoms with Gasteiger partial charge in [0.2, 0.25) is 0 Å². The molecule has 0 atom stereocenters. The van der Waals surface area contributed by atoms with Gasteiger partial charge in [-0.3, -0.25) is 5.10 Å². The van der Waals surface area contributed by atoms with Crippen LogP contribution in [0.4, 0.5) is 5.69 Å². The van der Waals surface area contributed by atoms with Crippen molar-refractivity contribution in [1.82, 2.24) is 10.2 Å². The Hall–Kier alpha value is -1.07. The van der Waals surface area contributed by atoms with Gasteiger partial charge in [-0.1, -0.05) is 0 Å². The van der Waals surface area contributed by atoms with E-state index in [2.05, 4.69) is 15.5 Å². The summed E-state index contributed by atoms with van der Waals surface area (Å²) in [6.07, 6.45) is 3.54. The Morgan fingerprint density at radius 3 is 2.79 bits per heavy atom. The molecule has 2 heterocycles. The predicted octanol–water partition coefficient (Wildman–Crippen LogP) is 0.973. The van der Waals surface area contributed by atoms with Crippen LogP contribution in [0, 0.1) is 0 Å². The molecule has 0 bridgehead atoms. The quantitative estimate of drug-likeness (QED) is 0.741. The van der Waals surface area contributed by atoms with Gasteiger partial charge in [0.25, 0.3) is 0 Å². The van der Waals surface area contributed by atoms with Crippen molar-refractivity contribution < 1.29 is 9.47 Å². The zero-order valence-electron chi connectivity index (χ0n) is 8.41. The van der Waals surface area contributed by atoms with Gasteiger partial charge in [0.15, 0.2) is 5.79 Å². The second kappa shape index (κ2) is 3.59. The second-order valence-electron chi connectivity index (χ2n) is 3.85. The van der Waals surface area contributed by atoms with Crippen LogP contribution in [0.5, 0.6) is 0 Å². The van der Waals surface area contributed by atoms with Gasteiger partial charge in [0.05, 0.1) is 31.1 Å². The molecule has 0 unspecified atom stereocenters. The predicted molar refractivity (Wildman–Crippen MR) is 52.0 cm³/mol. The number of aromatic amines is 1. The number of rotatable bonds is 2. The lowest BCUT2D eigenvalue weighted by molar-refractivity contribution is -0.247. The number of hydrogen-bond acceptors (Lipinski definition) is 4. The fourth-order valence-electron chi connectivity index (χ4n) is 1.34. The number of nitrogens with one attached hydrogen (secondary N) is 2. The normalized spacial score (nSPS) is 22.1. The number of aromatic nitrogens is 2. The maximum Gasteiger partial charge on any atom is 0.162 e. The molecule has 1 aromatic rings. The lowest BCUT2D eigenvalue weighted by atomic mass is 10.2. The molecule has 2 rings (SSSR count). The van der Waals surface area contributed by atoms with Crippen molar-refractivity contribution in [3.63, 3.8) is 0 Å². The van der Waals surface area contributed by atoms with Crippen LogP contribution in [0.2, 0.25) is 0 Å². The highest BCUT2D eigenvalue weighted by Gasteiger charge is 2.28. The van der Waals surface area contributed by atoms with E-state index in [0.29, 0.717) is 13.2 Å². The molecule has 0 amide bonds. The average molecular weight is 197 g/mol. The topological polar surface area (TPSA) is 59.2 Å². The summed E-state index contributed by atoms with van der Waals surface area (Å²) in [5.41, 5.74) is 0.960. The summed E-state index contributed by atoms with van der Waals surface area (Å²) >= 11 is 0. The third-order valence-corrected chi connectivity index (χ3v) is 2.13. The summed E-state index contributed by atoms with van der Waals surface area (Å²) < 4.78 is 11.0. The Balaban J connectivity index is 1.85. The Bertz CT molecular complexity index is 274. The molecule has 1 aliphatic heterocycles. The maximum atomic E-state index is 5.51. The molecule has 14 heavy (non-hydrogen) atoms. The monoisotopic (exact) mass is 197 g/mol. The summed E-state index contributed by atoms with van der Waals surface area (Å²) in [5, 5.41) is 9.84. The first kappa shape index (κ1) is 9.48. The molecular formula is C9H15N3O2. The van der Waals surface area contributed by atoms with Gasteiger partial charge in [-0.05, 0) is 13.8 Å². The molecule has 1 fully saturated rings. The minimum atomic E-state index is -0.450. The van der Waals surface area contributed by atoms with Crippen LogP contribution in [-0.4, -0.2) is 35.2 Å². The fourth-order valence-corrected chi connectivity index (χ4v) is 1.34. The van der Waals surface area contributed by atoms with E-state index in [1.165, 1.54) is 0 Å². The molecule has 0 aromatic carbocycles. The van der Waals surface area contributed by atoms with E-state index in [9.17, 15) is 0 Å². The van der Waals surface area contributed by atoms with Crippen molar-refractivity contribution in [2.45, 2.75) is 25.7 Å². The molecule has 5 heteroatoms. The van der Waals surface area contributed by atoms with Gasteiger partial charge in [0, 0.05) is 6.20 Å². The van der Waals surface area contributed by atoms with Crippen molar-refractivity contribution in [2.75, 3.05) is 18.5 Å². The van der Waals surface area contributed by atoms with Crippen LogP contribution >= 0.6 is 0 Å². The Morgan fingerprint density at radius 2 is 2.21 bits per heavy atom. The molecule has 0 saturated carbocycles. The van der Waals surface area contributed by atoms with Gasteiger partial charge >= 0.3 is 0 Å². The molecule has 0 spiro atoms. The van der Waals surface area contributed by atoms with Crippen LogP contribution < -0.4 is 5.32 Å². The van der Waals surface area contributed by atoms with Crippen LogP contribution in [0.15, 0.2) is 12.4 Å². The van der Waals surface area contributed by atoms with E-state index in [0.717, 1.165) is 5.69 Å². The van der Waals surface area contributed by atoms with E-state index in [4.69, 9.17) is 9.47 Å². The van der Waals surface area contributed by atoms with Crippen molar-refractivity contribution in [3.8, 4) is 0 Å². The first-order valence-electron chi connectivity index (χ1n) is 4.69. The van der Waals surface area contributed by atoms with Crippen molar-refractivity contribution in [1.29, 1.82) is 0 Å². The highest BCUT2D eigenvalue weighted by Crippen LogP contribution is 2.18. The summed E-state index contributed by atoms with van der Waals surface area (Å²) in [4.78, 5) is 0. The first-order chi connectivity index (χ1) is 6.66. The van der Waals surface area contributed by atoms with Crippen LogP contribution in [0.3, 0.4) is 0 Å². The lowest BCUT2D eigenvalue weighted by Crippen LogP contribution is -2.45. The first-order valence-corrected chi connectivity index (χ1v) is 4.69. The standard InChI is InChI=1S/C9H15N3O2/c1-9(2)13-5-8(6-14-9)12-7-3-10-11-4-7/h3-4,8,12H,5-6H2,1-2H3,(H,10,11). The van der Waals surface area contributed by atoms with Crippen molar-refractivity contribution >= 4 is 5.69 Å². The van der Waals surface area contributed by atoms with Gasteiger partial charge in [-0.25, -0.2) is 0 Å². The van der Waals surface area contributed by atoms with E-state index in [1.807, 2.05) is 13.8 Å². The number of nitrogens with zero attached hydrogens (tertiary/aromatic N) is 1. The third-order valence-electron chi connectivity index (χ3n) is 2.13. The van der Waals surface area contributed by atoms with Crippen LogP contribution in [0.25, 0.3) is 0 Å². The minimum Gasteiger partial charge on any atom is -0.375 e. The van der Waals surface area contributed by atoms with Gasteiger partial charge in [-0.2, -0.15) is 5.10 Å². The summed E-state index contributed by atoms with van der Waals surface area (Å²) in [5.74, 6) is -0.450. The Labute approximate surface area is 82.8 Å². The van der Waals surface area contributed by atoms with Gasteiger partial charge in [0.1, 0.15) is 0 Å². The molecule has 1 saturated heterocycles. The minimum absolute atomic E-state index is 0.195.